The number of benzene rings is 4. The Balaban J connectivity index is 0.000000214. The Hall–Kier alpha value is -4.96. The first-order valence-corrected chi connectivity index (χ1v) is 11.0. The molecule has 0 radical (unpaired) electrons. The van der Waals surface area contributed by atoms with Crippen LogP contribution in [0.4, 0.5) is 34.1 Å². The minimum Gasteiger partial charge on any atom is -0.267 e. The highest BCUT2D eigenvalue weighted by Crippen LogP contribution is 2.44. The van der Waals surface area contributed by atoms with Crippen molar-refractivity contribution in [2.24, 2.45) is 0 Å². The van der Waals surface area contributed by atoms with Crippen molar-refractivity contribution in [3.05, 3.63) is 128 Å². The lowest BCUT2D eigenvalue weighted by Gasteiger charge is -2.33. The average molecular weight is 486 g/mol. The molecular weight excluding hydrogens is 462 g/mol. The third kappa shape index (κ3) is 4.93. The molecule has 0 bridgehead atoms. The van der Waals surface area contributed by atoms with E-state index in [4.69, 9.17) is 0 Å². The second-order valence-corrected chi connectivity index (χ2v) is 8.08. The fourth-order valence-corrected chi connectivity index (χ4v) is 3.66. The van der Waals surface area contributed by atoms with Crippen molar-refractivity contribution in [1.29, 1.82) is 0 Å². The summed E-state index contributed by atoms with van der Waals surface area (Å²) in [6.07, 6.45) is 0. The van der Waals surface area contributed by atoms with E-state index in [1.807, 2.05) is 53.5 Å². The summed E-state index contributed by atoms with van der Waals surface area (Å²) in [5.74, 6) is 0. The minimum absolute atomic E-state index is 0.274. The van der Waals surface area contributed by atoms with E-state index in [-0.39, 0.29) is 11.4 Å². The summed E-state index contributed by atoms with van der Waals surface area (Å²) >= 11 is 0. The third-order valence-electron chi connectivity index (χ3n) is 5.49. The van der Waals surface area contributed by atoms with Gasteiger partial charge in [0.2, 0.25) is 0 Å². The molecule has 10 nitrogen and oxygen atoms in total. The molecule has 4 aromatic rings. The summed E-state index contributed by atoms with van der Waals surface area (Å²) < 4.78 is 0. The molecule has 0 spiro atoms. The number of hydrazine groups is 2. The summed E-state index contributed by atoms with van der Waals surface area (Å²) in [5.41, 5.74) is 5.40. The van der Waals surface area contributed by atoms with Gasteiger partial charge in [0.25, 0.3) is 11.4 Å². The first kappa shape index (κ1) is 24.2. The van der Waals surface area contributed by atoms with Crippen LogP contribution < -0.4 is 15.3 Å². The molecule has 0 amide bonds. The maximum atomic E-state index is 10.8. The van der Waals surface area contributed by atoms with E-state index < -0.39 is 9.85 Å². The summed E-state index contributed by atoms with van der Waals surface area (Å²) in [6.45, 7) is 4.12. The molecule has 0 unspecified atom stereocenters. The van der Waals surface area contributed by atoms with Gasteiger partial charge in [-0.2, -0.15) is 5.12 Å². The van der Waals surface area contributed by atoms with Gasteiger partial charge in [0.15, 0.2) is 0 Å². The van der Waals surface area contributed by atoms with Crippen LogP contribution in [0.25, 0.3) is 0 Å². The number of nitro groups is 2. The molecule has 0 atom stereocenters. The Morgan fingerprint density at radius 3 is 1.61 bits per heavy atom. The molecule has 4 aromatic carbocycles. The van der Waals surface area contributed by atoms with Crippen LogP contribution in [0.2, 0.25) is 0 Å². The molecule has 0 saturated carbocycles. The van der Waals surface area contributed by atoms with Gasteiger partial charge in [-0.25, -0.2) is 5.01 Å². The number of nitro benzene ring substituents is 2. The van der Waals surface area contributed by atoms with Crippen molar-refractivity contribution in [2.75, 3.05) is 15.3 Å². The lowest BCUT2D eigenvalue weighted by Crippen LogP contribution is -2.45. The van der Waals surface area contributed by atoms with Crippen LogP contribution in [0.5, 0.6) is 0 Å². The Labute approximate surface area is 207 Å². The average Bonchev–Trinajstić information content (AvgIpc) is 3.18. The van der Waals surface area contributed by atoms with Crippen LogP contribution in [-0.2, 0) is 0 Å². The van der Waals surface area contributed by atoms with E-state index in [0.717, 1.165) is 28.8 Å². The fraction of sp³-hybridized carbons (Fsp3) is 0.0769. The lowest BCUT2D eigenvalue weighted by molar-refractivity contribution is -0.394. The van der Waals surface area contributed by atoms with E-state index in [0.29, 0.717) is 0 Å². The molecule has 1 aliphatic heterocycles. The van der Waals surface area contributed by atoms with Crippen LogP contribution >= 0.6 is 0 Å². The molecule has 182 valence electrons. The van der Waals surface area contributed by atoms with Crippen LogP contribution in [0.15, 0.2) is 97.1 Å². The number of fused-ring (bicyclic) bond motifs is 1. The van der Waals surface area contributed by atoms with Crippen LogP contribution in [-0.4, -0.2) is 15.1 Å². The largest absolute Gasteiger partial charge is 0.276 e. The van der Waals surface area contributed by atoms with E-state index in [9.17, 15) is 25.4 Å². The number of non-ortho nitro benzene ring substituents is 2. The Morgan fingerprint density at radius 2 is 1.11 bits per heavy atom. The summed E-state index contributed by atoms with van der Waals surface area (Å²) in [6, 6.07) is 28.8. The van der Waals surface area contributed by atoms with Gasteiger partial charge >= 0.3 is 0 Å². The van der Waals surface area contributed by atoms with Crippen molar-refractivity contribution < 1.29 is 15.1 Å². The number of hydrogen-bond donors (Lipinski definition) is 1. The van der Waals surface area contributed by atoms with Crippen molar-refractivity contribution in [2.45, 2.75) is 13.8 Å². The summed E-state index contributed by atoms with van der Waals surface area (Å²) in [7, 11) is 0. The zero-order valence-electron chi connectivity index (χ0n) is 19.6. The quantitative estimate of drug-likeness (QED) is 0.257. The van der Waals surface area contributed by atoms with Gasteiger partial charge in [-0.15, -0.1) is 5.17 Å². The zero-order valence-corrected chi connectivity index (χ0v) is 19.6. The van der Waals surface area contributed by atoms with Gasteiger partial charge in [-0.05, 0) is 56.3 Å². The third-order valence-corrected chi connectivity index (χ3v) is 5.49. The number of nitrogens with zero attached hydrogens (tertiary/aromatic N) is 5. The smallest absolute Gasteiger partial charge is 0.267 e. The van der Waals surface area contributed by atoms with Crippen LogP contribution in [0, 0.1) is 34.1 Å². The first-order chi connectivity index (χ1) is 17.3. The maximum absolute atomic E-state index is 10.8. The number of rotatable bonds is 4. The SMILES string of the molecule is Cc1ccc(N2c3ccccc3N(O)N2c2ccc(C)cc2)cc1.O=[N+]([O-])c1cccc([N+](=O)[O-])c1. The second kappa shape index (κ2) is 10.1. The predicted molar refractivity (Wildman–Crippen MR) is 137 cm³/mol. The van der Waals surface area contributed by atoms with E-state index in [1.54, 1.807) is 5.12 Å². The molecule has 1 heterocycles. The molecule has 1 aliphatic rings. The number of anilines is 4. The van der Waals surface area contributed by atoms with Gasteiger partial charge < -0.3 is 0 Å². The van der Waals surface area contributed by atoms with Crippen molar-refractivity contribution in [3.63, 3.8) is 0 Å². The summed E-state index contributed by atoms with van der Waals surface area (Å²) in [5, 5.41) is 36.1. The van der Waals surface area contributed by atoms with Crippen molar-refractivity contribution in [1.82, 2.24) is 0 Å². The Bertz CT molecular complexity index is 1360. The van der Waals surface area contributed by atoms with Gasteiger partial charge in [-0.3, -0.25) is 25.4 Å². The monoisotopic (exact) mass is 485 g/mol. The molecule has 0 fully saturated rings. The minimum atomic E-state index is -0.674. The number of para-hydroxylation sites is 2. The van der Waals surface area contributed by atoms with Gasteiger partial charge in [0.1, 0.15) is 5.69 Å². The van der Waals surface area contributed by atoms with Gasteiger partial charge in [0, 0.05) is 12.1 Å². The molecule has 5 rings (SSSR count). The zero-order chi connectivity index (χ0) is 25.8. The second-order valence-electron chi connectivity index (χ2n) is 8.08. The van der Waals surface area contributed by atoms with Crippen molar-refractivity contribution in [3.8, 4) is 0 Å². The molecule has 0 aromatic heterocycles. The Kier molecular flexibility index (Phi) is 6.79. The molecule has 36 heavy (non-hydrogen) atoms. The standard InChI is InChI=1S/C20H19N3O.C6H4N2O4/c1-15-7-11-17(12-8-15)21-19-5-3-4-6-20(19)23(24)22(21)18-13-9-16(2)10-14-18;9-7(10)5-2-1-3-6(4-5)8(11)12/h3-14,24H,1-2H3;1-4H. The van der Waals surface area contributed by atoms with E-state index in [1.165, 1.54) is 34.5 Å². The van der Waals surface area contributed by atoms with Gasteiger partial charge in [0.05, 0.1) is 33.0 Å². The van der Waals surface area contributed by atoms with Crippen LogP contribution in [0.3, 0.4) is 0 Å². The van der Waals surface area contributed by atoms with Crippen LogP contribution in [0.1, 0.15) is 11.1 Å². The maximum Gasteiger partial charge on any atom is 0.276 e. The first-order valence-electron chi connectivity index (χ1n) is 11.0. The molecular formula is C26H23N5O5. The molecule has 0 saturated heterocycles. The Morgan fingerprint density at radius 1 is 0.639 bits per heavy atom. The molecule has 1 N–H and O–H groups in total. The topological polar surface area (TPSA) is 116 Å². The fourth-order valence-electron chi connectivity index (χ4n) is 3.66. The van der Waals surface area contributed by atoms with Gasteiger partial charge in [-0.1, -0.05) is 47.5 Å². The number of hydrogen-bond acceptors (Lipinski definition) is 8. The van der Waals surface area contributed by atoms with Crippen molar-refractivity contribution >= 4 is 34.1 Å². The molecule has 10 heteroatoms. The lowest BCUT2D eigenvalue weighted by atomic mass is 10.2. The van der Waals surface area contributed by atoms with E-state index in [2.05, 4.69) is 38.1 Å². The van der Waals surface area contributed by atoms with E-state index >= 15 is 0 Å². The highest BCUT2D eigenvalue weighted by molar-refractivity contribution is 5.86. The normalized spacial score (nSPS) is 12.0. The predicted octanol–water partition coefficient (Wildman–Crippen LogP) is 6.49. The summed E-state index contributed by atoms with van der Waals surface area (Å²) in [4.78, 5) is 19.0. The highest BCUT2D eigenvalue weighted by Gasteiger charge is 2.34. The molecule has 0 aliphatic carbocycles. The number of aryl methyl sites for hydroxylation is 2. The highest BCUT2D eigenvalue weighted by atomic mass is 16.6.